The summed E-state index contributed by atoms with van der Waals surface area (Å²) in [5.74, 6) is 1.21. The summed E-state index contributed by atoms with van der Waals surface area (Å²) in [4.78, 5) is 13.0. The van der Waals surface area contributed by atoms with Crippen LogP contribution in [0.4, 0.5) is 0 Å². The molecule has 1 saturated heterocycles. The van der Waals surface area contributed by atoms with Crippen LogP contribution in [-0.2, 0) is 14.8 Å². The number of rotatable bonds is 6. The van der Waals surface area contributed by atoms with Crippen molar-refractivity contribution < 1.29 is 22.7 Å². The number of nitrogens with zero attached hydrogens (tertiary/aromatic N) is 3. The normalized spacial score (nSPS) is 18.2. The summed E-state index contributed by atoms with van der Waals surface area (Å²) >= 11 is 0. The molecule has 0 spiro atoms. The highest BCUT2D eigenvalue weighted by Crippen LogP contribution is 2.30. The van der Waals surface area contributed by atoms with Gasteiger partial charge in [0.25, 0.3) is 0 Å². The number of hydrogen-bond donors (Lipinski definition) is 0. The van der Waals surface area contributed by atoms with E-state index in [2.05, 4.69) is 5.10 Å². The first-order chi connectivity index (χ1) is 15.8. The summed E-state index contributed by atoms with van der Waals surface area (Å²) < 4.78 is 38.2. The molecule has 4 rings (SSSR count). The van der Waals surface area contributed by atoms with Gasteiger partial charge in [0.05, 0.1) is 30.9 Å². The first-order valence-electron chi connectivity index (χ1n) is 11.0. The molecular formula is C24H29N3O5S. The van der Waals surface area contributed by atoms with E-state index < -0.39 is 10.0 Å². The van der Waals surface area contributed by atoms with Crippen LogP contribution in [0.1, 0.15) is 36.8 Å². The Morgan fingerprint density at radius 3 is 2.24 bits per heavy atom. The number of methoxy groups -OCH3 is 2. The highest BCUT2D eigenvalue weighted by Gasteiger charge is 2.35. The summed E-state index contributed by atoms with van der Waals surface area (Å²) in [7, 11) is -0.380. The zero-order valence-corrected chi connectivity index (χ0v) is 20.0. The van der Waals surface area contributed by atoms with Crippen molar-refractivity contribution in [2.24, 2.45) is 5.10 Å². The van der Waals surface area contributed by atoms with Crippen LogP contribution in [0.25, 0.3) is 0 Å². The van der Waals surface area contributed by atoms with Gasteiger partial charge in [-0.05, 0) is 50.1 Å². The van der Waals surface area contributed by atoms with E-state index in [0.29, 0.717) is 55.2 Å². The van der Waals surface area contributed by atoms with Crippen LogP contribution in [0.2, 0.25) is 0 Å². The molecule has 9 heteroatoms. The molecule has 0 N–H and O–H groups in total. The Morgan fingerprint density at radius 2 is 1.61 bits per heavy atom. The average molecular weight is 472 g/mol. The number of carbonyl (C=O) groups is 1. The van der Waals surface area contributed by atoms with E-state index in [0.717, 1.165) is 16.8 Å². The Morgan fingerprint density at radius 1 is 0.939 bits per heavy atom. The van der Waals surface area contributed by atoms with Gasteiger partial charge in [-0.2, -0.15) is 9.41 Å². The van der Waals surface area contributed by atoms with Gasteiger partial charge in [-0.15, -0.1) is 0 Å². The molecule has 33 heavy (non-hydrogen) atoms. The molecule has 2 aliphatic heterocycles. The Kier molecular flexibility index (Phi) is 6.71. The molecule has 0 aliphatic carbocycles. The van der Waals surface area contributed by atoms with Crippen LogP contribution in [-0.4, -0.2) is 62.7 Å². The lowest BCUT2D eigenvalue weighted by Gasteiger charge is -2.37. The fraction of sp³-hybridized carbons (Fsp3) is 0.417. The maximum absolute atomic E-state index is 13.0. The van der Waals surface area contributed by atoms with Crippen molar-refractivity contribution in [1.29, 1.82) is 0 Å². The van der Waals surface area contributed by atoms with Gasteiger partial charge in [-0.1, -0.05) is 17.7 Å². The predicted molar refractivity (Wildman–Crippen MR) is 125 cm³/mol. The average Bonchev–Trinajstić information content (AvgIpc) is 2.84. The van der Waals surface area contributed by atoms with Gasteiger partial charge in [0.1, 0.15) is 0 Å². The van der Waals surface area contributed by atoms with Gasteiger partial charge in [0.15, 0.2) is 11.5 Å². The SMILES string of the molecule is COc1ccc(C2=NN(C3CCN(S(=O)(=O)c4ccc(C)cc4)CC3)C(=O)CC2)cc1OC. The van der Waals surface area contributed by atoms with Crippen molar-refractivity contribution in [3.8, 4) is 11.5 Å². The summed E-state index contributed by atoms with van der Waals surface area (Å²) in [5, 5.41) is 6.24. The molecular weight excluding hydrogens is 442 g/mol. The smallest absolute Gasteiger partial charge is 0.243 e. The largest absolute Gasteiger partial charge is 0.493 e. The lowest BCUT2D eigenvalue weighted by molar-refractivity contribution is -0.134. The number of amides is 1. The van der Waals surface area contributed by atoms with Gasteiger partial charge in [-0.3, -0.25) is 4.79 Å². The molecule has 2 aromatic rings. The molecule has 0 aromatic heterocycles. The van der Waals surface area contributed by atoms with Crippen molar-refractivity contribution in [2.45, 2.75) is 43.5 Å². The molecule has 1 amide bonds. The molecule has 0 atom stereocenters. The summed E-state index contributed by atoms with van der Waals surface area (Å²) in [6.45, 7) is 2.63. The topological polar surface area (TPSA) is 88.5 Å². The quantitative estimate of drug-likeness (QED) is 0.646. The molecule has 2 aliphatic rings. The Hall–Kier alpha value is -2.91. The second-order valence-electron chi connectivity index (χ2n) is 8.30. The number of hydrazone groups is 1. The molecule has 8 nitrogen and oxygen atoms in total. The standard InChI is InChI=1S/C24H29N3O5S/c1-17-4-7-20(8-5-17)33(29,30)26-14-12-19(13-15-26)27-24(28)11-9-21(25-27)18-6-10-22(31-2)23(16-18)32-3/h4-8,10,16,19H,9,11-15H2,1-3H3. The second kappa shape index (κ2) is 9.52. The highest BCUT2D eigenvalue weighted by atomic mass is 32.2. The van der Waals surface area contributed by atoms with Gasteiger partial charge in [0.2, 0.25) is 15.9 Å². The molecule has 0 saturated carbocycles. The van der Waals surface area contributed by atoms with E-state index in [9.17, 15) is 13.2 Å². The fourth-order valence-corrected chi connectivity index (χ4v) is 5.73. The van der Waals surface area contributed by atoms with Crippen molar-refractivity contribution >= 4 is 21.6 Å². The monoisotopic (exact) mass is 471 g/mol. The van der Waals surface area contributed by atoms with Gasteiger partial charge in [-0.25, -0.2) is 13.4 Å². The third-order valence-electron chi connectivity index (χ3n) is 6.20. The summed E-state index contributed by atoms with van der Waals surface area (Å²) in [6.07, 6.45) is 2.00. The maximum atomic E-state index is 13.0. The first-order valence-corrected chi connectivity index (χ1v) is 12.5. The van der Waals surface area contributed by atoms with E-state index in [1.54, 1.807) is 43.5 Å². The van der Waals surface area contributed by atoms with Crippen molar-refractivity contribution in [3.05, 3.63) is 53.6 Å². The fourth-order valence-electron chi connectivity index (χ4n) is 4.27. The minimum Gasteiger partial charge on any atom is -0.493 e. The molecule has 0 unspecified atom stereocenters. The van der Waals surface area contributed by atoms with E-state index in [1.807, 2.05) is 25.1 Å². The molecule has 1 fully saturated rings. The molecule has 2 heterocycles. The Bertz CT molecular complexity index is 1150. The molecule has 0 radical (unpaired) electrons. The minimum atomic E-state index is -3.55. The van der Waals surface area contributed by atoms with Crippen LogP contribution in [0, 0.1) is 6.92 Å². The number of aryl methyl sites for hydroxylation is 1. The van der Waals surface area contributed by atoms with Crippen molar-refractivity contribution in [2.75, 3.05) is 27.3 Å². The molecule has 176 valence electrons. The number of piperidine rings is 1. The number of ether oxygens (including phenoxy) is 2. The van der Waals surface area contributed by atoms with E-state index >= 15 is 0 Å². The van der Waals surface area contributed by atoms with Crippen LogP contribution in [0.3, 0.4) is 0 Å². The van der Waals surface area contributed by atoms with Crippen molar-refractivity contribution in [3.63, 3.8) is 0 Å². The number of sulfonamides is 1. The lowest BCUT2D eigenvalue weighted by atomic mass is 10.0. The van der Waals surface area contributed by atoms with Crippen LogP contribution in [0.15, 0.2) is 52.5 Å². The third kappa shape index (κ3) is 4.74. The van der Waals surface area contributed by atoms with Gasteiger partial charge in [0, 0.05) is 31.5 Å². The summed E-state index contributed by atoms with van der Waals surface area (Å²) in [6, 6.07) is 12.4. The lowest BCUT2D eigenvalue weighted by Crippen LogP contribution is -2.48. The molecule has 2 aromatic carbocycles. The molecule has 0 bridgehead atoms. The van der Waals surface area contributed by atoms with Crippen LogP contribution >= 0.6 is 0 Å². The number of benzene rings is 2. The van der Waals surface area contributed by atoms with Gasteiger partial charge < -0.3 is 9.47 Å². The Balaban J connectivity index is 1.49. The Labute approximate surface area is 194 Å². The highest BCUT2D eigenvalue weighted by molar-refractivity contribution is 7.89. The van der Waals surface area contributed by atoms with Crippen LogP contribution in [0.5, 0.6) is 11.5 Å². The van der Waals surface area contributed by atoms with Gasteiger partial charge >= 0.3 is 0 Å². The number of carbonyl (C=O) groups excluding carboxylic acids is 1. The first kappa shape index (κ1) is 23.3. The zero-order chi connectivity index (χ0) is 23.6. The van der Waals surface area contributed by atoms with E-state index in [1.165, 1.54) is 4.31 Å². The second-order valence-corrected chi connectivity index (χ2v) is 10.2. The zero-order valence-electron chi connectivity index (χ0n) is 19.2. The van der Waals surface area contributed by atoms with Crippen molar-refractivity contribution in [1.82, 2.24) is 9.31 Å². The summed E-state index contributed by atoms with van der Waals surface area (Å²) in [5.41, 5.74) is 2.70. The van der Waals surface area contributed by atoms with E-state index in [4.69, 9.17) is 9.47 Å². The number of hydrogen-bond acceptors (Lipinski definition) is 6. The minimum absolute atomic E-state index is 0.0286. The predicted octanol–water partition coefficient (Wildman–Crippen LogP) is 3.19. The maximum Gasteiger partial charge on any atom is 0.243 e. The van der Waals surface area contributed by atoms with E-state index in [-0.39, 0.29) is 11.9 Å². The third-order valence-corrected chi connectivity index (χ3v) is 8.12. The van der Waals surface area contributed by atoms with Crippen LogP contribution < -0.4 is 9.47 Å².